The normalized spacial score (nSPS) is 11.5. The van der Waals surface area contributed by atoms with Gasteiger partial charge in [0.25, 0.3) is 0 Å². The summed E-state index contributed by atoms with van der Waals surface area (Å²) < 4.78 is 2.23. The molecule has 3 heteroatoms. The van der Waals surface area contributed by atoms with Crippen molar-refractivity contribution >= 4 is 32.6 Å². The standard InChI is InChI=1S/C40H29N3/c1-2-38-42-35-19-11-12-20-37(35)43(38)30-22-24-36(41-26-30)40-32-18-10-9-17-31(32)39(28-15-7-4-8-16-28)34-25-29(21-23-33(34)40)27-13-5-3-6-14-27/h3-26H,2H2,1H3. The van der Waals surface area contributed by atoms with Crippen molar-refractivity contribution in [2.75, 3.05) is 0 Å². The van der Waals surface area contributed by atoms with E-state index in [1.54, 1.807) is 0 Å². The summed E-state index contributed by atoms with van der Waals surface area (Å²) in [5.74, 6) is 1.03. The highest BCUT2D eigenvalue weighted by Crippen LogP contribution is 2.44. The molecule has 204 valence electrons. The molecule has 2 heterocycles. The fourth-order valence-corrected chi connectivity index (χ4v) is 6.45. The van der Waals surface area contributed by atoms with Crippen molar-refractivity contribution in [3.8, 4) is 39.2 Å². The van der Waals surface area contributed by atoms with Gasteiger partial charge in [0.05, 0.1) is 28.6 Å². The molecule has 43 heavy (non-hydrogen) atoms. The number of imidazole rings is 1. The second-order valence-electron chi connectivity index (χ2n) is 10.9. The van der Waals surface area contributed by atoms with Crippen LogP contribution in [0.25, 0.3) is 71.8 Å². The van der Waals surface area contributed by atoms with Crippen molar-refractivity contribution in [2.24, 2.45) is 0 Å². The molecule has 0 aliphatic heterocycles. The molecule has 0 amide bonds. The minimum Gasteiger partial charge on any atom is -0.295 e. The van der Waals surface area contributed by atoms with Crippen LogP contribution in [0.5, 0.6) is 0 Å². The zero-order chi connectivity index (χ0) is 28.8. The maximum Gasteiger partial charge on any atom is 0.114 e. The quantitative estimate of drug-likeness (QED) is 0.199. The van der Waals surface area contributed by atoms with E-state index >= 15 is 0 Å². The maximum absolute atomic E-state index is 5.12. The van der Waals surface area contributed by atoms with Gasteiger partial charge >= 0.3 is 0 Å². The Bertz CT molecular complexity index is 2250. The number of benzene rings is 6. The lowest BCUT2D eigenvalue weighted by Crippen LogP contribution is -2.01. The van der Waals surface area contributed by atoms with Gasteiger partial charge in [-0.3, -0.25) is 9.55 Å². The first-order chi connectivity index (χ1) is 21.3. The Kier molecular flexibility index (Phi) is 6.08. The molecule has 6 aromatic carbocycles. The number of para-hydroxylation sites is 2. The molecule has 0 spiro atoms. The van der Waals surface area contributed by atoms with Gasteiger partial charge in [-0.15, -0.1) is 0 Å². The Morgan fingerprint density at radius 3 is 1.91 bits per heavy atom. The van der Waals surface area contributed by atoms with E-state index in [9.17, 15) is 0 Å². The van der Waals surface area contributed by atoms with E-state index in [0.29, 0.717) is 0 Å². The number of hydrogen-bond acceptors (Lipinski definition) is 2. The van der Waals surface area contributed by atoms with E-state index in [4.69, 9.17) is 9.97 Å². The van der Waals surface area contributed by atoms with Gasteiger partial charge in [0.2, 0.25) is 0 Å². The van der Waals surface area contributed by atoms with Crippen LogP contribution in [0.4, 0.5) is 0 Å². The molecule has 0 unspecified atom stereocenters. The van der Waals surface area contributed by atoms with Gasteiger partial charge in [-0.25, -0.2) is 4.98 Å². The molecule has 8 rings (SSSR count). The summed E-state index contributed by atoms with van der Waals surface area (Å²) in [5, 5.41) is 4.84. The summed E-state index contributed by atoms with van der Waals surface area (Å²) in [7, 11) is 0. The van der Waals surface area contributed by atoms with Gasteiger partial charge in [0.15, 0.2) is 0 Å². The van der Waals surface area contributed by atoms with Gasteiger partial charge in [-0.05, 0) is 74.1 Å². The van der Waals surface area contributed by atoms with Crippen LogP contribution in [0.1, 0.15) is 12.7 Å². The zero-order valence-corrected chi connectivity index (χ0v) is 23.9. The molecule has 0 radical (unpaired) electrons. The molecular formula is C40H29N3. The monoisotopic (exact) mass is 551 g/mol. The third-order valence-corrected chi connectivity index (χ3v) is 8.40. The van der Waals surface area contributed by atoms with E-state index in [1.165, 1.54) is 43.8 Å². The number of hydrogen-bond donors (Lipinski definition) is 0. The zero-order valence-electron chi connectivity index (χ0n) is 23.9. The summed E-state index contributed by atoms with van der Waals surface area (Å²) in [6.07, 6.45) is 2.84. The van der Waals surface area contributed by atoms with E-state index in [2.05, 4.69) is 145 Å². The number of aromatic nitrogens is 3. The molecule has 8 aromatic rings. The first-order valence-corrected chi connectivity index (χ1v) is 14.8. The van der Waals surface area contributed by atoms with Crippen LogP contribution in [0.15, 0.2) is 146 Å². The Morgan fingerprint density at radius 2 is 1.19 bits per heavy atom. The number of fused-ring (bicyclic) bond motifs is 3. The van der Waals surface area contributed by atoms with Crippen molar-refractivity contribution in [1.29, 1.82) is 0 Å². The molecule has 0 bridgehead atoms. The van der Waals surface area contributed by atoms with E-state index in [-0.39, 0.29) is 0 Å². The van der Waals surface area contributed by atoms with Crippen molar-refractivity contribution in [2.45, 2.75) is 13.3 Å². The van der Waals surface area contributed by atoms with Crippen molar-refractivity contribution < 1.29 is 0 Å². The summed E-state index contributed by atoms with van der Waals surface area (Å²) in [6.45, 7) is 2.15. The molecule has 0 aliphatic rings. The smallest absolute Gasteiger partial charge is 0.114 e. The highest BCUT2D eigenvalue weighted by molar-refractivity contribution is 6.21. The number of rotatable bonds is 5. The van der Waals surface area contributed by atoms with Gasteiger partial charge < -0.3 is 0 Å². The first kappa shape index (κ1) is 25.2. The number of pyridine rings is 1. The lowest BCUT2D eigenvalue weighted by molar-refractivity contribution is 0.904. The summed E-state index contributed by atoms with van der Waals surface area (Å²) in [6, 6.07) is 49.6. The number of aryl methyl sites for hydroxylation is 1. The average Bonchev–Trinajstić information content (AvgIpc) is 3.46. The molecule has 0 saturated carbocycles. The van der Waals surface area contributed by atoms with Crippen LogP contribution in [-0.4, -0.2) is 14.5 Å². The Hall–Kier alpha value is -5.54. The van der Waals surface area contributed by atoms with E-state index < -0.39 is 0 Å². The van der Waals surface area contributed by atoms with Crippen LogP contribution in [0.3, 0.4) is 0 Å². The molecule has 2 aromatic heterocycles. The van der Waals surface area contributed by atoms with Crippen LogP contribution in [-0.2, 0) is 6.42 Å². The van der Waals surface area contributed by atoms with E-state index in [0.717, 1.165) is 40.2 Å². The lowest BCUT2D eigenvalue weighted by Gasteiger charge is -2.18. The Balaban J connectivity index is 1.39. The molecular weight excluding hydrogens is 522 g/mol. The first-order valence-electron chi connectivity index (χ1n) is 14.8. The fraction of sp³-hybridized carbons (Fsp3) is 0.0500. The Labute approximate surface area is 250 Å². The minimum absolute atomic E-state index is 0.844. The van der Waals surface area contributed by atoms with Crippen LogP contribution < -0.4 is 0 Å². The third kappa shape index (κ3) is 4.21. The molecule has 0 saturated heterocycles. The van der Waals surface area contributed by atoms with Crippen molar-refractivity contribution in [1.82, 2.24) is 14.5 Å². The molecule has 0 fully saturated rings. The molecule has 0 atom stereocenters. The van der Waals surface area contributed by atoms with Gasteiger partial charge in [0.1, 0.15) is 5.82 Å². The predicted octanol–water partition coefficient (Wildman–Crippen LogP) is 10.3. The second kappa shape index (κ2) is 10.4. The van der Waals surface area contributed by atoms with Crippen LogP contribution >= 0.6 is 0 Å². The average molecular weight is 552 g/mol. The van der Waals surface area contributed by atoms with Gasteiger partial charge in [0, 0.05) is 12.0 Å². The molecule has 0 N–H and O–H groups in total. The summed E-state index contributed by atoms with van der Waals surface area (Å²) in [4.78, 5) is 10.00. The Morgan fingerprint density at radius 1 is 0.535 bits per heavy atom. The fourth-order valence-electron chi connectivity index (χ4n) is 6.45. The predicted molar refractivity (Wildman–Crippen MR) is 180 cm³/mol. The SMILES string of the molecule is CCc1nc2ccccc2n1-c1ccc(-c2c3ccccc3c(-c3ccccc3)c3cc(-c4ccccc4)ccc23)nc1. The van der Waals surface area contributed by atoms with Crippen LogP contribution in [0, 0.1) is 0 Å². The van der Waals surface area contributed by atoms with Gasteiger partial charge in [-0.1, -0.05) is 116 Å². The summed E-state index contributed by atoms with van der Waals surface area (Å²) in [5.41, 5.74) is 10.1. The highest BCUT2D eigenvalue weighted by atomic mass is 15.1. The molecule has 0 aliphatic carbocycles. The van der Waals surface area contributed by atoms with Crippen LogP contribution in [0.2, 0.25) is 0 Å². The largest absolute Gasteiger partial charge is 0.295 e. The number of nitrogens with zero attached hydrogens (tertiary/aromatic N) is 3. The molecule has 3 nitrogen and oxygen atoms in total. The lowest BCUT2D eigenvalue weighted by atomic mass is 9.86. The minimum atomic E-state index is 0.844. The summed E-state index contributed by atoms with van der Waals surface area (Å²) >= 11 is 0. The second-order valence-corrected chi connectivity index (χ2v) is 10.9. The van der Waals surface area contributed by atoms with Crippen molar-refractivity contribution in [3.63, 3.8) is 0 Å². The maximum atomic E-state index is 5.12. The highest BCUT2D eigenvalue weighted by Gasteiger charge is 2.19. The third-order valence-electron chi connectivity index (χ3n) is 8.40. The van der Waals surface area contributed by atoms with E-state index in [1.807, 2.05) is 12.3 Å². The van der Waals surface area contributed by atoms with Crippen molar-refractivity contribution in [3.05, 3.63) is 152 Å². The van der Waals surface area contributed by atoms with Gasteiger partial charge in [-0.2, -0.15) is 0 Å². The topological polar surface area (TPSA) is 30.7 Å².